The zero-order chi connectivity index (χ0) is 20.8. The summed E-state index contributed by atoms with van der Waals surface area (Å²) >= 11 is 0. The maximum Gasteiger partial charge on any atom is 0.338 e. The van der Waals surface area contributed by atoms with Crippen LogP contribution in [0.4, 0.5) is 0 Å². The third-order valence-corrected chi connectivity index (χ3v) is 4.21. The van der Waals surface area contributed by atoms with Crippen LogP contribution in [0.25, 0.3) is 0 Å². The van der Waals surface area contributed by atoms with Crippen LogP contribution in [-0.2, 0) is 23.7 Å². The topological polar surface area (TPSA) is 108 Å². The molecule has 1 saturated heterocycles. The lowest BCUT2D eigenvalue weighted by molar-refractivity contribution is -0.187. The number of benzene rings is 2. The summed E-state index contributed by atoms with van der Waals surface area (Å²) in [6.45, 7) is 0.846. The molecule has 8 heteroatoms. The highest BCUT2D eigenvalue weighted by molar-refractivity contribution is 5.90. The van der Waals surface area contributed by atoms with Crippen molar-refractivity contribution in [3.63, 3.8) is 0 Å². The van der Waals surface area contributed by atoms with Gasteiger partial charge in [-0.15, -0.1) is 0 Å². The zero-order valence-electron chi connectivity index (χ0n) is 15.6. The molecule has 0 radical (unpaired) electrons. The minimum Gasteiger partial charge on any atom is -0.459 e. The molecule has 4 atom stereocenters. The Kier molecular flexibility index (Phi) is 6.58. The summed E-state index contributed by atoms with van der Waals surface area (Å²) in [5, 5.41) is 10.4. The number of ether oxygens (including phenoxy) is 4. The van der Waals surface area contributed by atoms with Crippen LogP contribution in [0, 0.1) is 0 Å². The molecule has 8 nitrogen and oxygen atoms in total. The molecule has 1 aliphatic rings. The van der Waals surface area contributed by atoms with E-state index in [-0.39, 0.29) is 12.2 Å². The number of hydrogen-bond donors (Lipinski definition) is 1. The summed E-state index contributed by atoms with van der Waals surface area (Å²) in [5.74, 6) is -1.97. The van der Waals surface area contributed by atoms with Gasteiger partial charge in [0.2, 0.25) is 6.29 Å². The van der Waals surface area contributed by atoms with Crippen LogP contribution in [-0.4, -0.2) is 54.2 Å². The molecular formula is C21H20O8. The first kappa shape index (κ1) is 20.5. The first-order valence-electron chi connectivity index (χ1n) is 8.94. The third kappa shape index (κ3) is 5.18. The molecule has 0 spiro atoms. The minimum atomic E-state index is -1.44. The molecular weight excluding hydrogens is 380 g/mol. The second-order valence-electron chi connectivity index (χ2n) is 6.34. The van der Waals surface area contributed by atoms with Gasteiger partial charge in [-0.3, -0.25) is 4.79 Å². The Hall–Kier alpha value is -3.23. The van der Waals surface area contributed by atoms with Crippen LogP contribution >= 0.6 is 0 Å². The first-order chi connectivity index (χ1) is 14.0. The normalized spacial score (nSPS) is 23.2. The molecule has 0 unspecified atom stereocenters. The second kappa shape index (κ2) is 9.31. The molecule has 2 aromatic carbocycles. The fourth-order valence-electron chi connectivity index (χ4n) is 2.83. The molecule has 1 aliphatic heterocycles. The van der Waals surface area contributed by atoms with Crippen LogP contribution in [0.3, 0.4) is 0 Å². The Morgan fingerprint density at radius 2 is 1.45 bits per heavy atom. The summed E-state index contributed by atoms with van der Waals surface area (Å²) < 4.78 is 21.0. The van der Waals surface area contributed by atoms with Crippen LogP contribution in [0.5, 0.6) is 0 Å². The van der Waals surface area contributed by atoms with Crippen LogP contribution in [0.2, 0.25) is 0 Å². The standard InChI is InChI=1S/C21H20O8/c1-13(22)27-21-17(23)18(29-20(25)15-10-6-3-7-11-15)16(28-21)12-26-19(24)14-8-4-2-5-9-14/h2-11,16-18,21,23H,12H2,1H3/t16-,17-,18-,21+/m1/s1. The number of carbonyl (C=O) groups is 3. The average Bonchev–Trinajstić information content (AvgIpc) is 3.01. The minimum absolute atomic E-state index is 0.274. The van der Waals surface area contributed by atoms with E-state index >= 15 is 0 Å². The van der Waals surface area contributed by atoms with E-state index < -0.39 is 42.5 Å². The first-order valence-corrected chi connectivity index (χ1v) is 8.94. The van der Waals surface area contributed by atoms with E-state index in [1.165, 1.54) is 0 Å². The molecule has 2 aromatic rings. The number of esters is 3. The van der Waals surface area contributed by atoms with E-state index in [1.54, 1.807) is 60.7 Å². The van der Waals surface area contributed by atoms with Crippen molar-refractivity contribution >= 4 is 17.9 Å². The van der Waals surface area contributed by atoms with E-state index in [4.69, 9.17) is 18.9 Å². The highest BCUT2D eigenvalue weighted by atomic mass is 16.7. The summed E-state index contributed by atoms with van der Waals surface area (Å²) in [6, 6.07) is 16.5. The van der Waals surface area contributed by atoms with Gasteiger partial charge in [0.15, 0.2) is 12.2 Å². The Morgan fingerprint density at radius 1 is 0.897 bits per heavy atom. The van der Waals surface area contributed by atoms with Crippen LogP contribution in [0.1, 0.15) is 27.6 Å². The van der Waals surface area contributed by atoms with Crippen LogP contribution < -0.4 is 0 Å². The molecule has 0 aromatic heterocycles. The van der Waals surface area contributed by atoms with Crippen molar-refractivity contribution in [1.82, 2.24) is 0 Å². The van der Waals surface area contributed by atoms with Crippen molar-refractivity contribution in [2.45, 2.75) is 31.5 Å². The Morgan fingerprint density at radius 3 is 2.00 bits per heavy atom. The van der Waals surface area contributed by atoms with Crippen molar-refractivity contribution in [1.29, 1.82) is 0 Å². The molecule has 0 amide bonds. The Balaban J connectivity index is 1.70. The molecule has 29 heavy (non-hydrogen) atoms. The second-order valence-corrected chi connectivity index (χ2v) is 6.34. The lowest BCUT2D eigenvalue weighted by Crippen LogP contribution is -2.39. The lowest BCUT2D eigenvalue weighted by atomic mass is 10.1. The third-order valence-electron chi connectivity index (χ3n) is 4.21. The number of aliphatic hydroxyl groups excluding tert-OH is 1. The van der Waals surface area contributed by atoms with Gasteiger partial charge >= 0.3 is 17.9 Å². The van der Waals surface area contributed by atoms with Gasteiger partial charge in [0.05, 0.1) is 11.1 Å². The number of rotatable bonds is 6. The summed E-state index contributed by atoms with van der Waals surface area (Å²) in [7, 11) is 0. The van der Waals surface area contributed by atoms with Gasteiger partial charge in [-0.1, -0.05) is 36.4 Å². The summed E-state index contributed by atoms with van der Waals surface area (Å²) in [5.41, 5.74) is 0.607. The van der Waals surface area contributed by atoms with Gasteiger partial charge < -0.3 is 24.1 Å². The number of aliphatic hydroxyl groups is 1. The van der Waals surface area contributed by atoms with E-state index in [2.05, 4.69) is 0 Å². The predicted molar refractivity (Wildman–Crippen MR) is 98.8 cm³/mol. The van der Waals surface area contributed by atoms with Gasteiger partial charge in [-0.2, -0.15) is 0 Å². The van der Waals surface area contributed by atoms with Gasteiger partial charge in [-0.25, -0.2) is 9.59 Å². The maximum atomic E-state index is 12.4. The van der Waals surface area contributed by atoms with Crippen molar-refractivity contribution in [3.8, 4) is 0 Å². The van der Waals surface area contributed by atoms with E-state index in [0.717, 1.165) is 6.92 Å². The van der Waals surface area contributed by atoms with Crippen molar-refractivity contribution in [3.05, 3.63) is 71.8 Å². The molecule has 0 aliphatic carbocycles. The Bertz CT molecular complexity index is 851. The molecule has 1 N–H and O–H groups in total. The highest BCUT2D eigenvalue weighted by Gasteiger charge is 2.48. The van der Waals surface area contributed by atoms with Crippen LogP contribution in [0.15, 0.2) is 60.7 Å². The maximum absolute atomic E-state index is 12.4. The largest absolute Gasteiger partial charge is 0.459 e. The van der Waals surface area contributed by atoms with Gasteiger partial charge in [0, 0.05) is 6.92 Å². The summed E-state index contributed by atoms with van der Waals surface area (Å²) in [6.07, 6.45) is -5.00. The highest BCUT2D eigenvalue weighted by Crippen LogP contribution is 2.26. The van der Waals surface area contributed by atoms with Gasteiger partial charge in [-0.05, 0) is 24.3 Å². The van der Waals surface area contributed by atoms with Gasteiger partial charge in [0.25, 0.3) is 0 Å². The molecule has 3 rings (SSSR count). The fraction of sp³-hybridized carbons (Fsp3) is 0.286. The van der Waals surface area contributed by atoms with E-state index in [0.29, 0.717) is 5.56 Å². The molecule has 0 saturated carbocycles. The Labute approximate surface area is 167 Å². The fourth-order valence-corrected chi connectivity index (χ4v) is 2.83. The summed E-state index contributed by atoms with van der Waals surface area (Å²) in [4.78, 5) is 35.8. The molecule has 1 fully saturated rings. The van der Waals surface area contributed by atoms with Crippen molar-refractivity contribution in [2.24, 2.45) is 0 Å². The van der Waals surface area contributed by atoms with Gasteiger partial charge in [0.1, 0.15) is 12.7 Å². The number of hydrogen-bond acceptors (Lipinski definition) is 8. The smallest absolute Gasteiger partial charge is 0.338 e. The van der Waals surface area contributed by atoms with E-state index in [9.17, 15) is 19.5 Å². The average molecular weight is 400 g/mol. The molecule has 0 bridgehead atoms. The zero-order valence-corrected chi connectivity index (χ0v) is 15.6. The predicted octanol–water partition coefficient (Wildman–Crippen LogP) is 1.72. The monoisotopic (exact) mass is 400 g/mol. The van der Waals surface area contributed by atoms with Crippen molar-refractivity contribution < 1.29 is 38.4 Å². The quantitative estimate of drug-likeness (QED) is 0.577. The molecule has 152 valence electrons. The van der Waals surface area contributed by atoms with Crippen molar-refractivity contribution in [2.75, 3.05) is 6.61 Å². The lowest BCUT2D eigenvalue weighted by Gasteiger charge is -2.20. The SMILES string of the molecule is CC(=O)O[C@H]1O[C@H](COC(=O)c2ccccc2)[C@@H](OC(=O)c2ccccc2)[C@H]1O. The number of carbonyl (C=O) groups excluding carboxylic acids is 3. The van der Waals surface area contributed by atoms with E-state index in [1.807, 2.05) is 0 Å². The molecule has 1 heterocycles.